The Balaban J connectivity index is 2.37. The molecule has 0 bridgehead atoms. The van der Waals surface area contributed by atoms with Crippen molar-refractivity contribution < 1.29 is 4.74 Å². The Morgan fingerprint density at radius 3 is 2.44 bits per heavy atom. The first-order valence-electron chi connectivity index (χ1n) is 5.06. The van der Waals surface area contributed by atoms with Crippen molar-refractivity contribution in [2.24, 2.45) is 5.73 Å². The fraction of sp³-hybridized carbons (Fsp3) is 0.167. The van der Waals surface area contributed by atoms with E-state index < -0.39 is 0 Å². The standard InChI is InChI=1S/C12H10Br3NOS/c1-17-9-3-2-6(4-8(9)13)11(16)7-5-10(14)18-12(7)15/h2-5,11H,16H2,1H3. The molecule has 2 rings (SSSR count). The van der Waals surface area contributed by atoms with E-state index in [0.717, 1.165) is 28.9 Å². The summed E-state index contributed by atoms with van der Waals surface area (Å²) < 4.78 is 8.23. The Bertz CT molecular complexity index is 570. The molecule has 0 aliphatic rings. The normalized spacial score (nSPS) is 12.5. The molecule has 1 aromatic heterocycles. The van der Waals surface area contributed by atoms with Gasteiger partial charge in [-0.2, -0.15) is 0 Å². The van der Waals surface area contributed by atoms with Gasteiger partial charge in [-0.3, -0.25) is 0 Å². The van der Waals surface area contributed by atoms with Crippen LogP contribution in [0.15, 0.2) is 36.3 Å². The van der Waals surface area contributed by atoms with Crippen molar-refractivity contribution in [3.8, 4) is 5.75 Å². The topological polar surface area (TPSA) is 35.2 Å². The minimum atomic E-state index is -0.163. The molecule has 0 aliphatic carbocycles. The van der Waals surface area contributed by atoms with Crippen LogP contribution in [-0.2, 0) is 0 Å². The number of benzene rings is 1. The van der Waals surface area contributed by atoms with E-state index in [0.29, 0.717) is 0 Å². The Morgan fingerprint density at radius 1 is 1.22 bits per heavy atom. The lowest BCUT2D eigenvalue weighted by Gasteiger charge is -2.13. The maximum atomic E-state index is 6.29. The maximum Gasteiger partial charge on any atom is 0.133 e. The molecule has 0 saturated heterocycles. The maximum absolute atomic E-state index is 6.29. The Morgan fingerprint density at radius 2 is 1.94 bits per heavy atom. The van der Waals surface area contributed by atoms with E-state index in [1.165, 1.54) is 0 Å². The van der Waals surface area contributed by atoms with Crippen LogP contribution in [0.2, 0.25) is 0 Å². The fourth-order valence-corrected chi connectivity index (χ4v) is 5.11. The summed E-state index contributed by atoms with van der Waals surface area (Å²) in [6, 6.07) is 7.75. The van der Waals surface area contributed by atoms with Crippen LogP contribution in [0.5, 0.6) is 5.75 Å². The van der Waals surface area contributed by atoms with Crippen molar-refractivity contribution in [2.45, 2.75) is 6.04 Å². The molecule has 2 aromatic rings. The van der Waals surface area contributed by atoms with Crippen molar-refractivity contribution in [2.75, 3.05) is 7.11 Å². The first-order chi connectivity index (χ1) is 8.52. The van der Waals surface area contributed by atoms with Crippen LogP contribution in [-0.4, -0.2) is 7.11 Å². The number of hydrogen-bond donors (Lipinski definition) is 1. The summed E-state index contributed by atoms with van der Waals surface area (Å²) in [4.78, 5) is 0. The summed E-state index contributed by atoms with van der Waals surface area (Å²) in [6.07, 6.45) is 0. The Hall–Kier alpha value is 0.120. The smallest absolute Gasteiger partial charge is 0.133 e. The van der Waals surface area contributed by atoms with E-state index in [9.17, 15) is 0 Å². The molecule has 1 heterocycles. The van der Waals surface area contributed by atoms with E-state index in [-0.39, 0.29) is 6.04 Å². The predicted molar refractivity (Wildman–Crippen MR) is 86.4 cm³/mol. The number of ether oxygens (including phenoxy) is 1. The molecular formula is C12H10Br3NOS. The number of hydrogen-bond acceptors (Lipinski definition) is 3. The minimum Gasteiger partial charge on any atom is -0.496 e. The molecule has 0 spiro atoms. The molecular weight excluding hydrogens is 446 g/mol. The highest BCUT2D eigenvalue weighted by atomic mass is 79.9. The van der Waals surface area contributed by atoms with Gasteiger partial charge in [0.05, 0.1) is 25.2 Å². The molecule has 2 N–H and O–H groups in total. The molecule has 1 aromatic carbocycles. The van der Waals surface area contributed by atoms with Crippen LogP contribution in [0.25, 0.3) is 0 Å². The lowest BCUT2D eigenvalue weighted by molar-refractivity contribution is 0.412. The zero-order chi connectivity index (χ0) is 13.3. The van der Waals surface area contributed by atoms with Crippen LogP contribution < -0.4 is 10.5 Å². The monoisotopic (exact) mass is 453 g/mol. The van der Waals surface area contributed by atoms with Crippen LogP contribution in [0.1, 0.15) is 17.2 Å². The molecule has 0 aliphatic heterocycles. The summed E-state index contributed by atoms with van der Waals surface area (Å²) in [5, 5.41) is 0. The molecule has 1 unspecified atom stereocenters. The number of methoxy groups -OCH3 is 1. The van der Waals surface area contributed by atoms with Crippen molar-refractivity contribution >= 4 is 59.1 Å². The number of rotatable bonds is 3. The van der Waals surface area contributed by atoms with E-state index in [1.807, 2.05) is 24.3 Å². The van der Waals surface area contributed by atoms with Crippen LogP contribution >= 0.6 is 59.1 Å². The zero-order valence-electron chi connectivity index (χ0n) is 9.41. The number of nitrogens with two attached hydrogens (primary N) is 1. The van der Waals surface area contributed by atoms with Crippen molar-refractivity contribution in [3.63, 3.8) is 0 Å². The lowest BCUT2D eigenvalue weighted by Crippen LogP contribution is -2.11. The second kappa shape index (κ2) is 6.05. The minimum absolute atomic E-state index is 0.163. The van der Waals surface area contributed by atoms with Gasteiger partial charge in [0.15, 0.2) is 0 Å². The summed E-state index contributed by atoms with van der Waals surface area (Å²) in [6.45, 7) is 0. The molecule has 2 nitrogen and oxygen atoms in total. The number of halogens is 3. The highest BCUT2D eigenvalue weighted by Crippen LogP contribution is 2.38. The summed E-state index contributed by atoms with van der Waals surface area (Å²) in [5.74, 6) is 0.802. The average molecular weight is 456 g/mol. The van der Waals surface area contributed by atoms with Gasteiger partial charge in [0, 0.05) is 0 Å². The van der Waals surface area contributed by atoms with Crippen LogP contribution in [0, 0.1) is 0 Å². The van der Waals surface area contributed by atoms with E-state index in [1.54, 1.807) is 18.4 Å². The van der Waals surface area contributed by atoms with Gasteiger partial charge in [-0.15, -0.1) is 11.3 Å². The third kappa shape index (κ3) is 2.99. The van der Waals surface area contributed by atoms with Gasteiger partial charge >= 0.3 is 0 Å². The zero-order valence-corrected chi connectivity index (χ0v) is 15.0. The van der Waals surface area contributed by atoms with Gasteiger partial charge in [-0.25, -0.2) is 0 Å². The summed E-state index contributed by atoms with van der Waals surface area (Å²) >= 11 is 12.1. The molecule has 0 fully saturated rings. The highest BCUT2D eigenvalue weighted by Gasteiger charge is 2.16. The second-order valence-electron chi connectivity index (χ2n) is 3.65. The van der Waals surface area contributed by atoms with Gasteiger partial charge in [0.1, 0.15) is 5.75 Å². The fourth-order valence-electron chi connectivity index (χ4n) is 1.62. The number of thiophene rings is 1. The first-order valence-corrected chi connectivity index (χ1v) is 8.26. The summed E-state index contributed by atoms with van der Waals surface area (Å²) in [7, 11) is 1.65. The van der Waals surface area contributed by atoms with E-state index in [4.69, 9.17) is 10.5 Å². The van der Waals surface area contributed by atoms with Crippen molar-refractivity contribution in [1.29, 1.82) is 0 Å². The SMILES string of the molecule is COc1ccc(C(N)c2cc(Br)sc2Br)cc1Br. The molecule has 0 amide bonds. The van der Waals surface area contributed by atoms with E-state index in [2.05, 4.69) is 47.8 Å². The highest BCUT2D eigenvalue weighted by molar-refractivity contribution is 9.12. The Kier molecular flexibility index (Phi) is 4.88. The molecule has 18 heavy (non-hydrogen) atoms. The summed E-state index contributed by atoms with van der Waals surface area (Å²) in [5.41, 5.74) is 8.39. The van der Waals surface area contributed by atoms with Gasteiger partial charge in [0.2, 0.25) is 0 Å². The van der Waals surface area contributed by atoms with Crippen molar-refractivity contribution in [3.05, 3.63) is 47.4 Å². The van der Waals surface area contributed by atoms with E-state index >= 15 is 0 Å². The molecule has 1 atom stereocenters. The van der Waals surface area contributed by atoms with Crippen molar-refractivity contribution in [1.82, 2.24) is 0 Å². The van der Waals surface area contributed by atoms with Gasteiger partial charge in [0.25, 0.3) is 0 Å². The molecule has 0 saturated carbocycles. The molecule has 0 radical (unpaired) electrons. The molecule has 6 heteroatoms. The first kappa shape index (κ1) is 14.5. The average Bonchev–Trinajstić information content (AvgIpc) is 2.67. The molecule has 96 valence electrons. The third-order valence-corrected chi connectivity index (χ3v) is 5.56. The third-order valence-electron chi connectivity index (χ3n) is 2.55. The second-order valence-corrected chi connectivity index (χ2v) is 8.25. The Labute approximate surface area is 135 Å². The van der Waals surface area contributed by atoms with Crippen LogP contribution in [0.3, 0.4) is 0 Å². The van der Waals surface area contributed by atoms with Gasteiger partial charge < -0.3 is 10.5 Å². The predicted octanol–water partition coefficient (Wildman–Crippen LogP) is 5.09. The van der Waals surface area contributed by atoms with Gasteiger partial charge in [-0.05, 0) is 77.1 Å². The van der Waals surface area contributed by atoms with Gasteiger partial charge in [-0.1, -0.05) is 6.07 Å². The quantitative estimate of drug-likeness (QED) is 0.699. The lowest BCUT2D eigenvalue weighted by atomic mass is 10.0. The largest absolute Gasteiger partial charge is 0.496 e. The van der Waals surface area contributed by atoms with Crippen LogP contribution in [0.4, 0.5) is 0 Å².